The van der Waals surface area contributed by atoms with E-state index in [1.807, 2.05) is 42.5 Å². The molecule has 4 rings (SSSR count). The number of benzene rings is 2. The topological polar surface area (TPSA) is 53.1 Å². The van der Waals surface area contributed by atoms with Crippen molar-refractivity contribution in [2.45, 2.75) is 19.8 Å². The van der Waals surface area contributed by atoms with Crippen molar-refractivity contribution in [3.05, 3.63) is 65.1 Å². The number of imide groups is 1. The number of thioether (sulfide) groups is 1. The standard InChI is InChI=1S/C25H29N3O3S/c1-2-3-17-31-22-12-8-7-9-20(22)18-23-24(29)28(25(30)32-23)19-26-13-15-27(16-14-26)21-10-5-4-6-11-21/h4-12,18H,2-3,13-17,19H2,1H3. The van der Waals surface area contributed by atoms with E-state index in [0.29, 0.717) is 18.2 Å². The van der Waals surface area contributed by atoms with Crippen molar-refractivity contribution in [1.82, 2.24) is 9.80 Å². The molecule has 2 aromatic carbocycles. The van der Waals surface area contributed by atoms with Gasteiger partial charge in [0.15, 0.2) is 0 Å². The Balaban J connectivity index is 1.38. The van der Waals surface area contributed by atoms with Gasteiger partial charge in [0.25, 0.3) is 11.1 Å². The monoisotopic (exact) mass is 451 g/mol. The smallest absolute Gasteiger partial charge is 0.294 e. The molecule has 0 aliphatic carbocycles. The van der Waals surface area contributed by atoms with Crippen LogP contribution in [-0.2, 0) is 4.79 Å². The maximum Gasteiger partial charge on any atom is 0.294 e. The van der Waals surface area contributed by atoms with Crippen LogP contribution in [-0.4, -0.2) is 60.4 Å². The summed E-state index contributed by atoms with van der Waals surface area (Å²) in [4.78, 5) is 31.9. The average Bonchev–Trinajstić information content (AvgIpc) is 3.09. The number of hydrogen-bond donors (Lipinski definition) is 0. The summed E-state index contributed by atoms with van der Waals surface area (Å²) in [5.74, 6) is 0.513. The van der Waals surface area contributed by atoms with Crippen molar-refractivity contribution in [2.24, 2.45) is 0 Å². The number of ether oxygens (including phenoxy) is 1. The minimum atomic E-state index is -0.228. The Hall–Kier alpha value is -2.77. The van der Waals surface area contributed by atoms with Crippen molar-refractivity contribution in [1.29, 1.82) is 0 Å². The van der Waals surface area contributed by atoms with Crippen LogP contribution in [0.2, 0.25) is 0 Å². The molecule has 2 fully saturated rings. The lowest BCUT2D eigenvalue weighted by atomic mass is 10.2. The molecule has 0 N–H and O–H groups in total. The first-order valence-corrected chi connectivity index (χ1v) is 12.0. The summed E-state index contributed by atoms with van der Waals surface area (Å²) in [7, 11) is 0. The fourth-order valence-electron chi connectivity index (χ4n) is 3.81. The Kier molecular flexibility index (Phi) is 7.50. The number of carbonyl (C=O) groups is 2. The molecule has 0 atom stereocenters. The van der Waals surface area contributed by atoms with Crippen molar-refractivity contribution in [3.63, 3.8) is 0 Å². The van der Waals surface area contributed by atoms with Gasteiger partial charge in [-0.1, -0.05) is 49.7 Å². The van der Waals surface area contributed by atoms with Crippen molar-refractivity contribution in [3.8, 4) is 5.75 Å². The number of carbonyl (C=O) groups excluding carboxylic acids is 2. The third kappa shape index (κ3) is 5.34. The van der Waals surface area contributed by atoms with Gasteiger partial charge < -0.3 is 9.64 Å². The molecule has 32 heavy (non-hydrogen) atoms. The van der Waals surface area contributed by atoms with E-state index in [4.69, 9.17) is 4.74 Å². The second-order valence-electron chi connectivity index (χ2n) is 7.93. The summed E-state index contributed by atoms with van der Waals surface area (Å²) in [6.07, 6.45) is 3.81. The van der Waals surface area contributed by atoms with Crippen LogP contribution in [0.25, 0.3) is 6.08 Å². The lowest BCUT2D eigenvalue weighted by Crippen LogP contribution is -2.50. The van der Waals surface area contributed by atoms with Crippen LogP contribution in [0.1, 0.15) is 25.3 Å². The first-order valence-electron chi connectivity index (χ1n) is 11.1. The molecule has 2 aliphatic heterocycles. The number of hydrogen-bond acceptors (Lipinski definition) is 6. The van der Waals surface area contributed by atoms with Crippen molar-refractivity contribution >= 4 is 34.7 Å². The van der Waals surface area contributed by atoms with Gasteiger partial charge >= 0.3 is 0 Å². The predicted molar refractivity (Wildman–Crippen MR) is 130 cm³/mol. The highest BCUT2D eigenvalue weighted by atomic mass is 32.2. The molecule has 0 saturated carbocycles. The highest BCUT2D eigenvalue weighted by molar-refractivity contribution is 8.18. The zero-order valence-corrected chi connectivity index (χ0v) is 19.2. The van der Waals surface area contributed by atoms with Crippen LogP contribution >= 0.6 is 11.8 Å². The largest absolute Gasteiger partial charge is 0.493 e. The molecule has 0 bridgehead atoms. The quantitative estimate of drug-likeness (QED) is 0.429. The van der Waals surface area contributed by atoms with E-state index >= 15 is 0 Å². The Morgan fingerprint density at radius 2 is 1.69 bits per heavy atom. The van der Waals surface area contributed by atoms with E-state index in [9.17, 15) is 9.59 Å². The SMILES string of the molecule is CCCCOc1ccccc1C=C1SC(=O)N(CN2CCN(c3ccccc3)CC2)C1=O. The first kappa shape index (κ1) is 22.4. The molecule has 6 nitrogen and oxygen atoms in total. The van der Waals surface area contributed by atoms with Crippen LogP contribution < -0.4 is 9.64 Å². The lowest BCUT2D eigenvalue weighted by molar-refractivity contribution is -0.124. The third-order valence-electron chi connectivity index (χ3n) is 5.67. The van der Waals surface area contributed by atoms with E-state index in [0.717, 1.165) is 62.1 Å². The third-order valence-corrected chi connectivity index (χ3v) is 6.58. The van der Waals surface area contributed by atoms with Gasteiger partial charge in [0.2, 0.25) is 0 Å². The fraction of sp³-hybridized carbons (Fsp3) is 0.360. The molecule has 0 unspecified atom stereocenters. The minimum Gasteiger partial charge on any atom is -0.493 e. The zero-order valence-electron chi connectivity index (χ0n) is 18.4. The first-order chi connectivity index (χ1) is 15.7. The zero-order chi connectivity index (χ0) is 22.3. The molecular formula is C25H29N3O3S. The van der Waals surface area contributed by atoms with Crippen LogP contribution in [0.5, 0.6) is 5.75 Å². The summed E-state index contributed by atoms with van der Waals surface area (Å²) >= 11 is 1.01. The number of amides is 2. The molecule has 0 radical (unpaired) electrons. The normalized spacial score (nSPS) is 18.6. The molecule has 7 heteroatoms. The second kappa shape index (κ2) is 10.7. The Bertz CT molecular complexity index is 971. The van der Waals surface area contributed by atoms with E-state index in [2.05, 4.69) is 28.9 Å². The highest BCUT2D eigenvalue weighted by Gasteiger charge is 2.36. The van der Waals surface area contributed by atoms with Gasteiger partial charge in [0.05, 0.1) is 18.2 Å². The lowest BCUT2D eigenvalue weighted by Gasteiger charge is -2.37. The van der Waals surface area contributed by atoms with E-state index in [1.165, 1.54) is 10.6 Å². The van der Waals surface area contributed by atoms with Gasteiger partial charge in [-0.25, -0.2) is 0 Å². The Labute approximate surface area is 193 Å². The Morgan fingerprint density at radius 1 is 0.969 bits per heavy atom. The fourth-order valence-corrected chi connectivity index (χ4v) is 4.63. The molecule has 2 aromatic rings. The molecule has 2 aliphatic rings. The predicted octanol–water partition coefficient (Wildman–Crippen LogP) is 4.68. The van der Waals surface area contributed by atoms with Gasteiger partial charge in [-0.2, -0.15) is 0 Å². The molecular weight excluding hydrogens is 422 g/mol. The van der Waals surface area contributed by atoms with Crippen molar-refractivity contribution < 1.29 is 14.3 Å². The maximum atomic E-state index is 13.0. The maximum absolute atomic E-state index is 13.0. The summed E-state index contributed by atoms with van der Waals surface area (Å²) in [5.41, 5.74) is 2.03. The number of para-hydroxylation sites is 2. The molecule has 168 valence electrons. The average molecular weight is 452 g/mol. The van der Waals surface area contributed by atoms with Crippen LogP contribution in [0.4, 0.5) is 10.5 Å². The van der Waals surface area contributed by atoms with Crippen molar-refractivity contribution in [2.75, 3.05) is 44.4 Å². The summed E-state index contributed by atoms with van der Waals surface area (Å²) in [6.45, 7) is 6.45. The van der Waals surface area contributed by atoms with Crippen LogP contribution in [0.3, 0.4) is 0 Å². The number of unbranched alkanes of at least 4 members (excludes halogenated alkanes) is 1. The van der Waals surface area contributed by atoms with Gasteiger partial charge in [0, 0.05) is 37.4 Å². The van der Waals surface area contributed by atoms with E-state index in [-0.39, 0.29) is 11.1 Å². The van der Waals surface area contributed by atoms with E-state index < -0.39 is 0 Å². The molecule has 2 heterocycles. The van der Waals surface area contributed by atoms with Gasteiger partial charge in [-0.3, -0.25) is 19.4 Å². The Morgan fingerprint density at radius 3 is 2.44 bits per heavy atom. The molecule has 2 saturated heterocycles. The minimum absolute atomic E-state index is 0.212. The molecule has 0 spiro atoms. The number of rotatable bonds is 8. The highest BCUT2D eigenvalue weighted by Crippen LogP contribution is 2.34. The summed E-state index contributed by atoms with van der Waals surface area (Å²) in [6, 6.07) is 18.0. The number of nitrogens with zero attached hydrogens (tertiary/aromatic N) is 3. The van der Waals surface area contributed by atoms with Crippen LogP contribution in [0, 0.1) is 0 Å². The van der Waals surface area contributed by atoms with Gasteiger partial charge in [-0.05, 0) is 42.5 Å². The summed E-state index contributed by atoms with van der Waals surface area (Å²) in [5, 5.41) is -0.212. The van der Waals surface area contributed by atoms with Gasteiger partial charge in [0.1, 0.15) is 5.75 Å². The van der Waals surface area contributed by atoms with E-state index in [1.54, 1.807) is 6.08 Å². The van der Waals surface area contributed by atoms with Gasteiger partial charge in [-0.15, -0.1) is 0 Å². The van der Waals surface area contributed by atoms with Crippen LogP contribution in [0.15, 0.2) is 59.5 Å². The number of piperazine rings is 1. The second-order valence-corrected chi connectivity index (χ2v) is 8.92. The summed E-state index contributed by atoms with van der Waals surface area (Å²) < 4.78 is 5.87. The molecule has 2 amide bonds. The number of anilines is 1. The molecule has 0 aromatic heterocycles.